The number of carbonyl (C=O) groups is 1. The minimum Gasteiger partial charge on any atom is -0.411 e. The highest BCUT2D eigenvalue weighted by Crippen LogP contribution is 2.33. The molecule has 1 N–H and O–H groups in total. The maximum absolute atomic E-state index is 12.8. The average molecular weight is 447 g/mol. The van der Waals surface area contributed by atoms with Crippen LogP contribution in [-0.4, -0.2) is 42.5 Å². The number of piperidine rings is 1. The third kappa shape index (κ3) is 4.45. The normalized spacial score (nSPS) is 14.8. The van der Waals surface area contributed by atoms with E-state index in [0.29, 0.717) is 22.8 Å². The first kappa shape index (κ1) is 20.7. The van der Waals surface area contributed by atoms with Crippen LogP contribution in [0.25, 0.3) is 10.8 Å². The molecule has 1 fully saturated rings. The smallest absolute Gasteiger partial charge is 0.311 e. The first-order chi connectivity index (χ1) is 14.4. The SMILES string of the molecule is Cc1sc(-c2nnc(C(=O)N3CCCCC3)o2)cc1S(=O)(=O)NCc1ccccc1. The number of nitrogens with zero attached hydrogens (tertiary/aromatic N) is 3. The van der Waals surface area contributed by atoms with Gasteiger partial charge in [-0.25, -0.2) is 13.1 Å². The highest BCUT2D eigenvalue weighted by molar-refractivity contribution is 7.89. The fourth-order valence-electron chi connectivity index (χ4n) is 3.33. The van der Waals surface area contributed by atoms with Gasteiger partial charge in [0.1, 0.15) is 0 Å². The van der Waals surface area contributed by atoms with E-state index in [2.05, 4.69) is 14.9 Å². The van der Waals surface area contributed by atoms with Crippen LogP contribution >= 0.6 is 11.3 Å². The number of rotatable bonds is 6. The van der Waals surface area contributed by atoms with Gasteiger partial charge in [-0.1, -0.05) is 30.3 Å². The number of hydrogen-bond acceptors (Lipinski definition) is 7. The number of nitrogens with one attached hydrogen (secondary N) is 1. The molecule has 3 aromatic rings. The van der Waals surface area contributed by atoms with Gasteiger partial charge in [0.25, 0.3) is 5.89 Å². The number of amides is 1. The third-order valence-corrected chi connectivity index (χ3v) is 7.63. The van der Waals surface area contributed by atoms with Crippen molar-refractivity contribution in [2.45, 2.75) is 37.6 Å². The van der Waals surface area contributed by atoms with E-state index in [1.807, 2.05) is 30.3 Å². The van der Waals surface area contributed by atoms with Crippen molar-refractivity contribution in [3.8, 4) is 10.8 Å². The van der Waals surface area contributed by atoms with Crippen LogP contribution in [0.3, 0.4) is 0 Å². The van der Waals surface area contributed by atoms with E-state index < -0.39 is 10.0 Å². The molecule has 1 aromatic carbocycles. The Hall–Kier alpha value is -2.56. The molecule has 2 aromatic heterocycles. The topological polar surface area (TPSA) is 105 Å². The second-order valence-electron chi connectivity index (χ2n) is 7.11. The van der Waals surface area contributed by atoms with Crippen LogP contribution in [-0.2, 0) is 16.6 Å². The molecule has 1 saturated heterocycles. The molecule has 1 aliphatic heterocycles. The summed E-state index contributed by atoms with van der Waals surface area (Å²) in [6.45, 7) is 3.29. The molecule has 4 rings (SSSR count). The summed E-state index contributed by atoms with van der Waals surface area (Å²) in [6.07, 6.45) is 3.05. The van der Waals surface area contributed by atoms with Gasteiger partial charge in [-0.05, 0) is 37.8 Å². The van der Waals surface area contributed by atoms with Crippen molar-refractivity contribution in [2.75, 3.05) is 13.1 Å². The molecule has 0 aliphatic carbocycles. The van der Waals surface area contributed by atoms with Crippen molar-refractivity contribution >= 4 is 27.3 Å². The van der Waals surface area contributed by atoms with Crippen molar-refractivity contribution in [3.63, 3.8) is 0 Å². The highest BCUT2D eigenvalue weighted by Gasteiger charge is 2.26. The standard InChI is InChI=1S/C20H22N4O4S2/c1-14-17(30(26,27)21-13-15-8-4-2-5-9-15)12-16(29-14)18-22-23-19(28-18)20(25)24-10-6-3-7-11-24/h2,4-5,8-9,12,21H,3,6-7,10-11,13H2,1H3. The summed E-state index contributed by atoms with van der Waals surface area (Å²) in [5.74, 6) is -0.198. The van der Waals surface area contributed by atoms with Crippen LogP contribution in [0.5, 0.6) is 0 Å². The largest absolute Gasteiger partial charge is 0.411 e. The molecular formula is C20H22N4O4S2. The van der Waals surface area contributed by atoms with Gasteiger partial charge in [0.05, 0.1) is 9.77 Å². The number of hydrogen-bond donors (Lipinski definition) is 1. The van der Waals surface area contributed by atoms with E-state index in [9.17, 15) is 13.2 Å². The number of benzene rings is 1. The minimum absolute atomic E-state index is 0.0652. The zero-order valence-corrected chi connectivity index (χ0v) is 18.1. The van der Waals surface area contributed by atoms with Gasteiger partial charge in [0.15, 0.2) is 0 Å². The van der Waals surface area contributed by atoms with E-state index in [0.717, 1.165) is 24.8 Å². The van der Waals surface area contributed by atoms with Gasteiger partial charge in [-0.15, -0.1) is 21.5 Å². The Kier molecular flexibility index (Phi) is 5.98. The summed E-state index contributed by atoms with van der Waals surface area (Å²) >= 11 is 1.24. The lowest BCUT2D eigenvalue weighted by molar-refractivity contribution is 0.0684. The molecule has 0 saturated carbocycles. The average Bonchev–Trinajstić information content (AvgIpc) is 3.40. The maximum atomic E-state index is 12.8. The number of aromatic nitrogens is 2. The Morgan fingerprint density at radius 2 is 1.90 bits per heavy atom. The summed E-state index contributed by atoms with van der Waals surface area (Å²) in [5, 5.41) is 7.84. The van der Waals surface area contributed by atoms with Gasteiger partial charge in [0, 0.05) is 24.5 Å². The molecule has 1 amide bonds. The van der Waals surface area contributed by atoms with Gasteiger partial charge < -0.3 is 9.32 Å². The summed E-state index contributed by atoms with van der Waals surface area (Å²) < 4.78 is 33.7. The Bertz CT molecular complexity index is 1130. The molecule has 0 radical (unpaired) electrons. The first-order valence-corrected chi connectivity index (χ1v) is 12.0. The predicted molar refractivity (Wildman–Crippen MR) is 113 cm³/mol. The Morgan fingerprint density at radius 1 is 1.17 bits per heavy atom. The molecule has 10 heteroatoms. The lowest BCUT2D eigenvalue weighted by Gasteiger charge is -2.24. The van der Waals surface area contributed by atoms with Crippen molar-refractivity contribution in [1.82, 2.24) is 19.8 Å². The molecule has 0 unspecified atom stereocenters. The summed E-state index contributed by atoms with van der Waals surface area (Å²) in [5.41, 5.74) is 0.868. The second kappa shape index (κ2) is 8.66. The van der Waals surface area contributed by atoms with Gasteiger partial charge in [-0.2, -0.15) is 0 Å². The van der Waals surface area contributed by atoms with Gasteiger partial charge >= 0.3 is 11.8 Å². The molecule has 8 nitrogen and oxygen atoms in total. The second-order valence-corrected chi connectivity index (χ2v) is 10.1. The Morgan fingerprint density at radius 3 is 2.63 bits per heavy atom. The number of aryl methyl sites for hydroxylation is 1. The van der Waals surface area contributed by atoms with Crippen LogP contribution in [0.1, 0.15) is 40.4 Å². The Balaban J connectivity index is 1.51. The van der Waals surface area contributed by atoms with Crippen molar-refractivity contribution in [2.24, 2.45) is 0 Å². The molecule has 3 heterocycles. The zero-order chi connectivity index (χ0) is 21.1. The van der Waals surface area contributed by atoms with Crippen LogP contribution in [0.15, 0.2) is 45.7 Å². The molecular weight excluding hydrogens is 424 g/mol. The molecule has 30 heavy (non-hydrogen) atoms. The number of sulfonamides is 1. The van der Waals surface area contributed by atoms with Crippen LogP contribution in [0.2, 0.25) is 0 Å². The lowest BCUT2D eigenvalue weighted by Crippen LogP contribution is -2.35. The molecule has 158 valence electrons. The minimum atomic E-state index is -3.71. The molecule has 0 bridgehead atoms. The summed E-state index contributed by atoms with van der Waals surface area (Å²) in [6, 6.07) is 10.8. The summed E-state index contributed by atoms with van der Waals surface area (Å²) in [7, 11) is -3.71. The van der Waals surface area contributed by atoms with Gasteiger partial charge in [0.2, 0.25) is 10.0 Å². The van der Waals surface area contributed by atoms with Crippen LogP contribution in [0, 0.1) is 6.92 Å². The fraction of sp³-hybridized carbons (Fsp3) is 0.350. The monoisotopic (exact) mass is 446 g/mol. The molecule has 0 atom stereocenters. The molecule has 0 spiro atoms. The maximum Gasteiger partial charge on any atom is 0.311 e. The third-order valence-electron chi connectivity index (χ3n) is 4.93. The van der Waals surface area contributed by atoms with Crippen LogP contribution in [0.4, 0.5) is 0 Å². The Labute approximate surface area is 179 Å². The quantitative estimate of drug-likeness (QED) is 0.623. The van der Waals surface area contributed by atoms with Crippen molar-refractivity contribution < 1.29 is 17.6 Å². The van der Waals surface area contributed by atoms with E-state index in [1.54, 1.807) is 11.8 Å². The van der Waals surface area contributed by atoms with E-state index in [4.69, 9.17) is 4.42 Å². The molecule has 1 aliphatic rings. The summed E-state index contributed by atoms with van der Waals surface area (Å²) in [4.78, 5) is 15.5. The number of thiophene rings is 1. The zero-order valence-electron chi connectivity index (χ0n) is 16.5. The van der Waals surface area contributed by atoms with E-state index in [-0.39, 0.29) is 29.1 Å². The predicted octanol–water partition coefficient (Wildman–Crippen LogP) is 3.21. The highest BCUT2D eigenvalue weighted by atomic mass is 32.2. The van der Waals surface area contributed by atoms with E-state index in [1.165, 1.54) is 17.4 Å². The van der Waals surface area contributed by atoms with Crippen LogP contribution < -0.4 is 4.72 Å². The van der Waals surface area contributed by atoms with Crippen molar-refractivity contribution in [1.29, 1.82) is 0 Å². The fourth-order valence-corrected chi connectivity index (χ4v) is 5.86. The number of carbonyl (C=O) groups excluding carboxylic acids is 1. The number of likely N-dealkylation sites (tertiary alicyclic amines) is 1. The van der Waals surface area contributed by atoms with Crippen molar-refractivity contribution in [3.05, 3.63) is 52.7 Å². The van der Waals surface area contributed by atoms with Gasteiger partial charge in [-0.3, -0.25) is 4.79 Å². The van der Waals surface area contributed by atoms with E-state index >= 15 is 0 Å². The first-order valence-electron chi connectivity index (χ1n) is 9.71. The lowest BCUT2D eigenvalue weighted by atomic mass is 10.1.